The summed E-state index contributed by atoms with van der Waals surface area (Å²) in [4.78, 5) is 0. The van der Waals surface area contributed by atoms with Crippen LogP contribution >= 0.6 is 12.4 Å². The fourth-order valence-corrected chi connectivity index (χ4v) is 1.31. The van der Waals surface area contributed by atoms with E-state index in [0.717, 1.165) is 11.2 Å². The molecule has 1 rings (SSSR count). The van der Waals surface area contributed by atoms with Gasteiger partial charge in [-0.25, -0.2) is 0 Å². The fraction of sp³-hybridized carbons (Fsp3) is 0.700. The minimum atomic E-state index is -4.22. The normalized spacial score (nSPS) is 11.6. The molecule has 0 fully saturated rings. The highest BCUT2D eigenvalue weighted by atomic mass is 35.5. The van der Waals surface area contributed by atoms with E-state index in [4.69, 9.17) is 0 Å². The second-order valence-corrected chi connectivity index (χ2v) is 4.12. The predicted octanol–water partition coefficient (Wildman–Crippen LogP) is 2.61. The Labute approximate surface area is 105 Å². The van der Waals surface area contributed by atoms with Gasteiger partial charge in [0.15, 0.2) is 0 Å². The molecule has 0 radical (unpaired) electrons. The molecule has 0 spiro atoms. The molecule has 17 heavy (non-hydrogen) atoms. The highest BCUT2D eigenvalue weighted by molar-refractivity contribution is 5.85. The van der Waals surface area contributed by atoms with E-state index in [1.807, 2.05) is 13.8 Å². The molecule has 100 valence electrons. The Morgan fingerprint density at radius 1 is 1.41 bits per heavy atom. The molecule has 1 N–H and O–H groups in total. The Morgan fingerprint density at radius 2 is 2.06 bits per heavy atom. The molecule has 0 unspecified atom stereocenters. The van der Waals surface area contributed by atoms with E-state index in [2.05, 4.69) is 10.4 Å². The molecular formula is C10H17ClF3N3. The lowest BCUT2D eigenvalue weighted by Crippen LogP contribution is -2.24. The summed E-state index contributed by atoms with van der Waals surface area (Å²) in [5.74, 6) is 0.471. The lowest BCUT2D eigenvalue weighted by Gasteiger charge is -2.11. The monoisotopic (exact) mass is 271 g/mol. The molecule has 0 aromatic carbocycles. The molecular weight excluding hydrogens is 255 g/mol. The Bertz CT molecular complexity index is 323. The number of hydrogen-bond acceptors (Lipinski definition) is 2. The van der Waals surface area contributed by atoms with Gasteiger partial charge >= 0.3 is 6.18 Å². The van der Waals surface area contributed by atoms with Gasteiger partial charge in [-0.3, -0.25) is 4.68 Å². The van der Waals surface area contributed by atoms with E-state index in [9.17, 15) is 13.2 Å². The molecule has 0 atom stereocenters. The molecule has 0 saturated heterocycles. The van der Waals surface area contributed by atoms with Gasteiger partial charge in [0, 0.05) is 12.7 Å². The van der Waals surface area contributed by atoms with Gasteiger partial charge in [-0.1, -0.05) is 13.8 Å². The van der Waals surface area contributed by atoms with Crippen molar-refractivity contribution in [3.05, 3.63) is 18.0 Å². The smallest absolute Gasteiger partial charge is 0.311 e. The van der Waals surface area contributed by atoms with Gasteiger partial charge in [-0.2, -0.15) is 18.3 Å². The second-order valence-electron chi connectivity index (χ2n) is 4.12. The third-order valence-corrected chi connectivity index (χ3v) is 1.99. The van der Waals surface area contributed by atoms with Crippen molar-refractivity contribution in [2.75, 3.05) is 6.54 Å². The van der Waals surface area contributed by atoms with E-state index in [-0.39, 0.29) is 12.4 Å². The minimum Gasteiger partial charge on any atom is -0.311 e. The van der Waals surface area contributed by atoms with E-state index in [0.29, 0.717) is 18.2 Å². The topological polar surface area (TPSA) is 29.9 Å². The SMILES string of the molecule is CC(C)CNCc1ccnn1CC(F)(F)F.Cl. The number of nitrogens with one attached hydrogen (secondary N) is 1. The standard InChI is InChI=1S/C10H16F3N3.ClH/c1-8(2)5-14-6-9-3-4-15-16(9)7-10(11,12)13;/h3-4,8,14H,5-7H2,1-2H3;1H. The van der Waals surface area contributed by atoms with Crippen molar-refractivity contribution < 1.29 is 13.2 Å². The van der Waals surface area contributed by atoms with Crippen LogP contribution in [0, 0.1) is 5.92 Å². The van der Waals surface area contributed by atoms with Gasteiger partial charge in [0.1, 0.15) is 6.54 Å². The maximum absolute atomic E-state index is 12.2. The van der Waals surface area contributed by atoms with Crippen molar-refractivity contribution in [1.29, 1.82) is 0 Å². The van der Waals surface area contributed by atoms with Crippen molar-refractivity contribution in [2.45, 2.75) is 33.1 Å². The highest BCUT2D eigenvalue weighted by Crippen LogP contribution is 2.17. The predicted molar refractivity (Wildman–Crippen MR) is 62.1 cm³/mol. The average molecular weight is 272 g/mol. The van der Waals surface area contributed by atoms with Crippen molar-refractivity contribution in [1.82, 2.24) is 15.1 Å². The lowest BCUT2D eigenvalue weighted by atomic mass is 10.2. The van der Waals surface area contributed by atoms with Crippen LogP contribution < -0.4 is 5.32 Å². The summed E-state index contributed by atoms with van der Waals surface area (Å²) in [7, 11) is 0. The van der Waals surface area contributed by atoms with E-state index in [1.165, 1.54) is 6.20 Å². The van der Waals surface area contributed by atoms with Crippen LogP contribution in [0.2, 0.25) is 0 Å². The lowest BCUT2D eigenvalue weighted by molar-refractivity contribution is -0.143. The molecule has 1 aromatic heterocycles. The van der Waals surface area contributed by atoms with Crippen LogP contribution in [-0.2, 0) is 13.1 Å². The molecule has 1 aromatic rings. The summed E-state index contributed by atoms with van der Waals surface area (Å²) in [5.41, 5.74) is 0.554. The van der Waals surface area contributed by atoms with Gasteiger partial charge < -0.3 is 5.32 Å². The number of hydrogen-bond donors (Lipinski definition) is 1. The molecule has 0 bridgehead atoms. The third kappa shape index (κ3) is 6.53. The van der Waals surface area contributed by atoms with Gasteiger partial charge in [-0.05, 0) is 18.5 Å². The zero-order chi connectivity index (χ0) is 12.2. The summed E-state index contributed by atoms with van der Waals surface area (Å²) in [5, 5.41) is 6.74. The number of aromatic nitrogens is 2. The zero-order valence-corrected chi connectivity index (χ0v) is 10.6. The number of alkyl halides is 3. The van der Waals surface area contributed by atoms with Crippen LogP contribution in [0.5, 0.6) is 0 Å². The summed E-state index contributed by atoms with van der Waals surface area (Å²) in [6.45, 7) is 4.24. The van der Waals surface area contributed by atoms with Crippen LogP contribution in [0.25, 0.3) is 0 Å². The van der Waals surface area contributed by atoms with E-state index in [1.54, 1.807) is 6.07 Å². The summed E-state index contributed by atoms with van der Waals surface area (Å²) in [6, 6.07) is 1.60. The summed E-state index contributed by atoms with van der Waals surface area (Å²) < 4.78 is 37.5. The van der Waals surface area contributed by atoms with Crippen molar-refractivity contribution in [3.63, 3.8) is 0 Å². The Hall–Kier alpha value is -0.750. The van der Waals surface area contributed by atoms with Crippen LogP contribution in [0.4, 0.5) is 13.2 Å². The van der Waals surface area contributed by atoms with E-state index < -0.39 is 12.7 Å². The molecule has 7 heteroatoms. The van der Waals surface area contributed by atoms with Crippen LogP contribution in [0.1, 0.15) is 19.5 Å². The molecule has 3 nitrogen and oxygen atoms in total. The molecule has 0 amide bonds. The van der Waals surface area contributed by atoms with Gasteiger partial charge in [-0.15, -0.1) is 12.4 Å². The quantitative estimate of drug-likeness (QED) is 0.892. The number of rotatable bonds is 5. The van der Waals surface area contributed by atoms with Crippen LogP contribution in [-0.4, -0.2) is 22.5 Å². The first-order chi connectivity index (χ1) is 7.38. The highest BCUT2D eigenvalue weighted by Gasteiger charge is 2.29. The van der Waals surface area contributed by atoms with Crippen LogP contribution in [0.15, 0.2) is 12.3 Å². The summed E-state index contributed by atoms with van der Waals surface area (Å²) >= 11 is 0. The molecule has 0 aliphatic carbocycles. The molecule has 0 aliphatic rings. The molecule has 0 saturated carbocycles. The first-order valence-corrected chi connectivity index (χ1v) is 5.16. The minimum absolute atomic E-state index is 0. The zero-order valence-electron chi connectivity index (χ0n) is 9.79. The first-order valence-electron chi connectivity index (χ1n) is 5.16. The average Bonchev–Trinajstić information content (AvgIpc) is 2.49. The van der Waals surface area contributed by atoms with Crippen LogP contribution in [0.3, 0.4) is 0 Å². The molecule has 0 aliphatic heterocycles. The molecule has 1 heterocycles. The maximum Gasteiger partial charge on any atom is 0.408 e. The largest absolute Gasteiger partial charge is 0.408 e. The van der Waals surface area contributed by atoms with Crippen molar-refractivity contribution in [3.8, 4) is 0 Å². The fourth-order valence-electron chi connectivity index (χ4n) is 1.31. The van der Waals surface area contributed by atoms with Crippen molar-refractivity contribution >= 4 is 12.4 Å². The van der Waals surface area contributed by atoms with Crippen molar-refractivity contribution in [2.24, 2.45) is 5.92 Å². The second kappa shape index (κ2) is 6.86. The maximum atomic E-state index is 12.2. The van der Waals surface area contributed by atoms with Gasteiger partial charge in [0.25, 0.3) is 0 Å². The third-order valence-electron chi connectivity index (χ3n) is 1.99. The van der Waals surface area contributed by atoms with E-state index >= 15 is 0 Å². The van der Waals surface area contributed by atoms with Gasteiger partial charge in [0.2, 0.25) is 0 Å². The first kappa shape index (κ1) is 16.2. The summed E-state index contributed by atoms with van der Waals surface area (Å²) in [6.07, 6.45) is -2.84. The Morgan fingerprint density at radius 3 is 2.59 bits per heavy atom. The number of halogens is 4. The van der Waals surface area contributed by atoms with Gasteiger partial charge in [0.05, 0.1) is 5.69 Å². The Balaban J connectivity index is 0.00000256. The number of nitrogens with zero attached hydrogens (tertiary/aromatic N) is 2. The Kier molecular flexibility index (Phi) is 6.56.